The molecule has 0 radical (unpaired) electrons. The van der Waals surface area contributed by atoms with Crippen molar-refractivity contribution in [2.75, 3.05) is 6.61 Å². The third-order valence-corrected chi connectivity index (χ3v) is 5.61. The van der Waals surface area contributed by atoms with Gasteiger partial charge in [0.05, 0.1) is 11.9 Å². The topological polar surface area (TPSA) is 59.5 Å². The smallest absolute Gasteiger partial charge is 0.293 e. The molecule has 3 rings (SSSR count). The van der Waals surface area contributed by atoms with Crippen LogP contribution in [-0.2, 0) is 24.1 Å². The Balaban J connectivity index is 1.50. The van der Waals surface area contributed by atoms with Gasteiger partial charge in [0.2, 0.25) is 5.91 Å². The number of carbonyl (C=O) groups excluding carboxylic acids is 2. The van der Waals surface area contributed by atoms with Crippen molar-refractivity contribution in [1.29, 1.82) is 0 Å². The number of aromatic nitrogens is 1. The summed E-state index contributed by atoms with van der Waals surface area (Å²) in [5.74, 6) is 0.586. The van der Waals surface area contributed by atoms with Gasteiger partial charge in [-0.1, -0.05) is 43.5 Å². The largest absolute Gasteiger partial charge is 0.493 e. The van der Waals surface area contributed by atoms with Crippen LogP contribution in [0.3, 0.4) is 0 Å². The Kier molecular flexibility index (Phi) is 6.52. The Morgan fingerprint density at radius 2 is 1.89 bits per heavy atom. The fraction of sp³-hybridized carbons (Fsp3) is 0.318. The van der Waals surface area contributed by atoms with E-state index >= 15 is 0 Å². The molecule has 5 nitrogen and oxygen atoms in total. The van der Waals surface area contributed by atoms with Crippen LogP contribution in [0, 0.1) is 0 Å². The second-order valence-corrected chi connectivity index (χ2v) is 7.89. The number of hydrogen-bond donors (Lipinski definition) is 0. The molecular formula is C22H24N2O3S. The zero-order chi connectivity index (χ0) is 20.1. The Morgan fingerprint density at radius 1 is 1.18 bits per heavy atom. The highest BCUT2D eigenvalue weighted by Crippen LogP contribution is 2.32. The van der Waals surface area contributed by atoms with Crippen molar-refractivity contribution >= 4 is 22.9 Å². The minimum absolute atomic E-state index is 0.190. The van der Waals surface area contributed by atoms with Crippen LogP contribution in [0.15, 0.2) is 54.9 Å². The SMILES string of the molecule is C=C(C)N1C(=O)SC(Cc2ccc(OCCc3ccc(CC)cn3)cc2)C1=O. The van der Waals surface area contributed by atoms with Crippen LogP contribution in [0.25, 0.3) is 0 Å². The van der Waals surface area contributed by atoms with Gasteiger partial charge >= 0.3 is 0 Å². The van der Waals surface area contributed by atoms with Crippen LogP contribution < -0.4 is 4.74 Å². The molecule has 0 aliphatic carbocycles. The van der Waals surface area contributed by atoms with Gasteiger partial charge in [0.25, 0.3) is 5.24 Å². The fourth-order valence-corrected chi connectivity index (χ4v) is 4.03. The van der Waals surface area contributed by atoms with Crippen molar-refractivity contribution in [1.82, 2.24) is 9.88 Å². The molecule has 2 heterocycles. The van der Waals surface area contributed by atoms with Gasteiger partial charge in [-0.3, -0.25) is 14.6 Å². The molecular weight excluding hydrogens is 372 g/mol. The third-order valence-electron chi connectivity index (χ3n) is 4.57. The van der Waals surface area contributed by atoms with Gasteiger partial charge in [-0.2, -0.15) is 0 Å². The minimum atomic E-state index is -0.395. The summed E-state index contributed by atoms with van der Waals surface area (Å²) in [5, 5.41) is -0.642. The number of pyridine rings is 1. The molecule has 146 valence electrons. The van der Waals surface area contributed by atoms with Crippen LogP contribution in [0.5, 0.6) is 5.75 Å². The van der Waals surface area contributed by atoms with E-state index in [1.807, 2.05) is 36.5 Å². The number of benzene rings is 1. The Hall–Kier alpha value is -2.60. The third kappa shape index (κ3) is 4.81. The molecule has 1 unspecified atom stereocenters. The number of ether oxygens (including phenoxy) is 1. The van der Waals surface area contributed by atoms with Gasteiger partial charge in [0, 0.05) is 24.0 Å². The zero-order valence-electron chi connectivity index (χ0n) is 16.2. The van der Waals surface area contributed by atoms with Gasteiger partial charge in [-0.15, -0.1) is 0 Å². The predicted octanol–water partition coefficient (Wildman–Crippen LogP) is 4.41. The summed E-state index contributed by atoms with van der Waals surface area (Å²) in [7, 11) is 0. The summed E-state index contributed by atoms with van der Waals surface area (Å²) >= 11 is 1.06. The normalized spacial score (nSPS) is 16.5. The van der Waals surface area contributed by atoms with E-state index in [4.69, 9.17) is 4.74 Å². The lowest BCUT2D eigenvalue weighted by atomic mass is 10.1. The number of carbonyl (C=O) groups is 2. The standard InChI is InChI=1S/C22H24N2O3S/c1-4-16-5-8-18(23-14-16)11-12-27-19-9-6-17(7-10-19)13-20-21(25)24(15(2)3)22(26)28-20/h5-10,14,20H,2,4,11-13H2,1,3H3. The molecule has 2 aromatic rings. The molecule has 1 aliphatic heterocycles. The number of rotatable bonds is 8. The van der Waals surface area contributed by atoms with Crippen molar-refractivity contribution in [3.8, 4) is 5.75 Å². The summed E-state index contributed by atoms with van der Waals surface area (Å²) < 4.78 is 5.79. The van der Waals surface area contributed by atoms with E-state index in [1.54, 1.807) is 6.92 Å². The van der Waals surface area contributed by atoms with E-state index in [0.717, 1.165) is 46.5 Å². The molecule has 0 bridgehead atoms. The molecule has 0 spiro atoms. The maximum Gasteiger partial charge on any atom is 0.293 e. The number of hydrogen-bond acceptors (Lipinski definition) is 5. The predicted molar refractivity (Wildman–Crippen MR) is 111 cm³/mol. The van der Waals surface area contributed by atoms with Crippen LogP contribution in [-0.4, -0.2) is 32.9 Å². The lowest BCUT2D eigenvalue weighted by molar-refractivity contribution is -0.125. The highest BCUT2D eigenvalue weighted by atomic mass is 32.2. The highest BCUT2D eigenvalue weighted by Gasteiger charge is 2.39. The average Bonchev–Trinajstić information content (AvgIpc) is 2.97. The molecule has 2 amide bonds. The quantitative estimate of drug-likeness (QED) is 0.662. The first kappa shape index (κ1) is 20.1. The molecule has 1 aromatic heterocycles. The second-order valence-electron chi connectivity index (χ2n) is 6.74. The first-order valence-corrected chi connectivity index (χ1v) is 10.2. The minimum Gasteiger partial charge on any atom is -0.493 e. The number of amides is 2. The number of allylic oxidation sites excluding steroid dienone is 1. The number of aryl methyl sites for hydroxylation is 1. The zero-order valence-corrected chi connectivity index (χ0v) is 17.0. The van der Waals surface area contributed by atoms with E-state index in [-0.39, 0.29) is 11.1 Å². The molecule has 0 N–H and O–H groups in total. The molecule has 1 fully saturated rings. The number of thioether (sulfide) groups is 1. The molecule has 1 saturated heterocycles. The summed E-state index contributed by atoms with van der Waals surface area (Å²) in [4.78, 5) is 29.9. The summed E-state index contributed by atoms with van der Waals surface area (Å²) in [6.07, 6.45) is 4.15. The average molecular weight is 397 g/mol. The number of nitrogens with zero attached hydrogens (tertiary/aromatic N) is 2. The van der Waals surface area contributed by atoms with Gasteiger partial charge < -0.3 is 4.74 Å². The molecule has 0 saturated carbocycles. The summed E-state index contributed by atoms with van der Waals surface area (Å²) in [6.45, 7) is 8.03. The molecule has 6 heteroatoms. The first-order chi connectivity index (χ1) is 13.5. The monoisotopic (exact) mass is 396 g/mol. The molecule has 1 atom stereocenters. The van der Waals surface area contributed by atoms with Crippen LogP contribution in [0.4, 0.5) is 4.79 Å². The van der Waals surface area contributed by atoms with E-state index in [9.17, 15) is 9.59 Å². The summed E-state index contributed by atoms with van der Waals surface area (Å²) in [5.41, 5.74) is 3.70. The van der Waals surface area contributed by atoms with Crippen molar-refractivity contribution in [2.24, 2.45) is 0 Å². The Labute approximate surface area is 169 Å². The van der Waals surface area contributed by atoms with Crippen LogP contribution >= 0.6 is 11.8 Å². The van der Waals surface area contributed by atoms with Crippen molar-refractivity contribution in [2.45, 2.75) is 38.4 Å². The molecule has 28 heavy (non-hydrogen) atoms. The van der Waals surface area contributed by atoms with Gasteiger partial charge in [0.15, 0.2) is 0 Å². The fourth-order valence-electron chi connectivity index (χ4n) is 2.95. The van der Waals surface area contributed by atoms with E-state index in [0.29, 0.717) is 18.7 Å². The van der Waals surface area contributed by atoms with E-state index in [2.05, 4.69) is 24.6 Å². The lowest BCUT2D eigenvalue weighted by Crippen LogP contribution is -2.30. The second kappa shape index (κ2) is 9.06. The van der Waals surface area contributed by atoms with Crippen molar-refractivity contribution in [3.05, 3.63) is 71.7 Å². The van der Waals surface area contributed by atoms with Crippen LogP contribution in [0.2, 0.25) is 0 Å². The lowest BCUT2D eigenvalue weighted by Gasteiger charge is -2.13. The Morgan fingerprint density at radius 3 is 2.46 bits per heavy atom. The maximum atomic E-state index is 12.3. The Bertz CT molecular complexity index is 862. The van der Waals surface area contributed by atoms with Gasteiger partial charge in [0.1, 0.15) is 5.75 Å². The van der Waals surface area contributed by atoms with Gasteiger partial charge in [-0.25, -0.2) is 4.90 Å². The van der Waals surface area contributed by atoms with E-state index in [1.165, 1.54) is 5.56 Å². The van der Waals surface area contributed by atoms with Gasteiger partial charge in [-0.05, 0) is 49.1 Å². The summed E-state index contributed by atoms with van der Waals surface area (Å²) in [6, 6.07) is 11.8. The molecule has 1 aromatic carbocycles. The molecule has 1 aliphatic rings. The number of imide groups is 1. The van der Waals surface area contributed by atoms with Crippen molar-refractivity contribution < 1.29 is 14.3 Å². The highest BCUT2D eigenvalue weighted by molar-refractivity contribution is 8.15. The maximum absolute atomic E-state index is 12.3. The van der Waals surface area contributed by atoms with Crippen molar-refractivity contribution in [3.63, 3.8) is 0 Å². The van der Waals surface area contributed by atoms with Crippen LogP contribution in [0.1, 0.15) is 30.7 Å². The van der Waals surface area contributed by atoms with E-state index < -0.39 is 5.25 Å². The first-order valence-electron chi connectivity index (χ1n) is 9.33.